The first-order valence-corrected chi connectivity index (χ1v) is 10.6. The molecule has 0 radical (unpaired) electrons. The quantitative estimate of drug-likeness (QED) is 0.625. The molecule has 2 rings (SSSR count). The van der Waals surface area contributed by atoms with Crippen molar-refractivity contribution in [2.45, 2.75) is 53.1 Å². The van der Waals surface area contributed by atoms with Gasteiger partial charge in [0.2, 0.25) is 5.91 Å². The number of methoxy groups -OCH3 is 2. The minimum atomic E-state index is -0.630. The van der Waals surface area contributed by atoms with Crippen LogP contribution in [0, 0.1) is 19.8 Å². The Morgan fingerprint density at radius 2 is 1.52 bits per heavy atom. The normalized spacial score (nSPS) is 12.8. The van der Waals surface area contributed by atoms with E-state index >= 15 is 0 Å². The van der Waals surface area contributed by atoms with Crippen LogP contribution in [0.1, 0.15) is 60.3 Å². The largest absolute Gasteiger partial charge is 0.493 e. The molecular formula is C25H34N2O4. The van der Waals surface area contributed by atoms with Gasteiger partial charge in [-0.15, -0.1) is 0 Å². The lowest BCUT2D eigenvalue weighted by molar-refractivity contribution is -0.124. The van der Waals surface area contributed by atoms with Crippen molar-refractivity contribution >= 4 is 11.8 Å². The molecule has 2 aromatic carbocycles. The van der Waals surface area contributed by atoms with Gasteiger partial charge in [0.15, 0.2) is 11.5 Å². The maximum atomic E-state index is 13.1. The van der Waals surface area contributed by atoms with Crippen LogP contribution >= 0.6 is 0 Å². The molecule has 0 heterocycles. The van der Waals surface area contributed by atoms with E-state index < -0.39 is 6.04 Å². The van der Waals surface area contributed by atoms with Crippen LogP contribution in [0.15, 0.2) is 36.4 Å². The van der Waals surface area contributed by atoms with Crippen molar-refractivity contribution in [2.24, 2.45) is 5.92 Å². The molecule has 0 aromatic heterocycles. The van der Waals surface area contributed by atoms with Crippen molar-refractivity contribution in [3.05, 3.63) is 58.7 Å². The molecule has 31 heavy (non-hydrogen) atoms. The zero-order valence-electron chi connectivity index (χ0n) is 19.5. The van der Waals surface area contributed by atoms with Crippen LogP contribution in [0.2, 0.25) is 0 Å². The first-order valence-electron chi connectivity index (χ1n) is 10.6. The Morgan fingerprint density at radius 1 is 0.903 bits per heavy atom. The summed E-state index contributed by atoms with van der Waals surface area (Å²) in [7, 11) is 3.18. The molecule has 0 aliphatic rings. The number of carbonyl (C=O) groups excluding carboxylic acids is 2. The van der Waals surface area contributed by atoms with Crippen molar-refractivity contribution in [2.75, 3.05) is 14.2 Å². The Balaban J connectivity index is 2.20. The van der Waals surface area contributed by atoms with Gasteiger partial charge < -0.3 is 20.1 Å². The fraction of sp³-hybridized carbons (Fsp3) is 0.440. The van der Waals surface area contributed by atoms with E-state index in [2.05, 4.69) is 10.6 Å². The van der Waals surface area contributed by atoms with Gasteiger partial charge in [-0.3, -0.25) is 9.59 Å². The molecule has 6 nitrogen and oxygen atoms in total. The molecule has 0 spiro atoms. The number of carbonyl (C=O) groups is 2. The summed E-state index contributed by atoms with van der Waals surface area (Å²) in [6, 6.07) is 10.2. The third kappa shape index (κ3) is 6.23. The van der Waals surface area contributed by atoms with Crippen molar-refractivity contribution < 1.29 is 19.1 Å². The molecule has 168 valence electrons. The number of benzene rings is 2. The highest BCUT2D eigenvalue weighted by molar-refractivity contribution is 5.98. The summed E-state index contributed by atoms with van der Waals surface area (Å²) >= 11 is 0. The van der Waals surface area contributed by atoms with E-state index in [0.717, 1.165) is 16.7 Å². The second-order valence-electron chi connectivity index (χ2n) is 8.26. The first-order chi connectivity index (χ1) is 14.7. The fourth-order valence-corrected chi connectivity index (χ4v) is 3.62. The van der Waals surface area contributed by atoms with Crippen LogP contribution < -0.4 is 20.1 Å². The van der Waals surface area contributed by atoms with Crippen molar-refractivity contribution in [3.8, 4) is 11.5 Å². The van der Waals surface area contributed by atoms with Crippen LogP contribution in [0.4, 0.5) is 0 Å². The van der Waals surface area contributed by atoms with Gasteiger partial charge >= 0.3 is 0 Å². The molecule has 6 heteroatoms. The summed E-state index contributed by atoms with van der Waals surface area (Å²) in [4.78, 5) is 25.9. The second-order valence-corrected chi connectivity index (χ2v) is 8.26. The van der Waals surface area contributed by atoms with Gasteiger partial charge in [-0.1, -0.05) is 32.0 Å². The zero-order chi connectivity index (χ0) is 23.1. The molecule has 0 fully saturated rings. The molecule has 2 aromatic rings. The van der Waals surface area contributed by atoms with E-state index in [9.17, 15) is 9.59 Å². The van der Waals surface area contributed by atoms with Gasteiger partial charge in [-0.2, -0.15) is 0 Å². The number of rotatable bonds is 9. The third-order valence-electron chi connectivity index (χ3n) is 5.32. The molecule has 0 aliphatic heterocycles. The van der Waals surface area contributed by atoms with Gasteiger partial charge in [0.1, 0.15) is 6.04 Å². The Bertz CT molecular complexity index is 924. The molecular weight excluding hydrogens is 392 g/mol. The average Bonchev–Trinajstić information content (AvgIpc) is 2.72. The molecule has 0 saturated heterocycles. The van der Waals surface area contributed by atoms with E-state index in [-0.39, 0.29) is 23.8 Å². The molecule has 0 aliphatic carbocycles. The standard InChI is InChI=1S/C25H34N2O4/c1-15(2)12-21(27-24(28)19-11-9-8-10-16(19)3)25(29)26-18(5)20-14-23(31-7)22(30-6)13-17(20)4/h8-11,13-15,18,21H,12H2,1-7H3,(H,26,29)(H,27,28). The van der Waals surface area contributed by atoms with Crippen LogP contribution in [0.5, 0.6) is 11.5 Å². The average molecular weight is 427 g/mol. The summed E-state index contributed by atoms with van der Waals surface area (Å²) in [5, 5.41) is 5.97. The first kappa shape index (κ1) is 24.3. The second kappa shape index (κ2) is 10.8. The number of amides is 2. The highest BCUT2D eigenvalue weighted by Crippen LogP contribution is 2.32. The third-order valence-corrected chi connectivity index (χ3v) is 5.32. The van der Waals surface area contributed by atoms with E-state index in [1.54, 1.807) is 20.3 Å². The maximum absolute atomic E-state index is 13.1. The summed E-state index contributed by atoms with van der Waals surface area (Å²) in [5.74, 6) is 1.04. The maximum Gasteiger partial charge on any atom is 0.252 e. The molecule has 2 unspecified atom stereocenters. The molecule has 2 atom stereocenters. The van der Waals surface area contributed by atoms with Crippen LogP contribution in [-0.2, 0) is 4.79 Å². The highest BCUT2D eigenvalue weighted by Gasteiger charge is 2.25. The summed E-state index contributed by atoms with van der Waals surface area (Å²) in [5.41, 5.74) is 3.36. The van der Waals surface area contributed by atoms with Crippen molar-refractivity contribution in [1.29, 1.82) is 0 Å². The van der Waals surface area contributed by atoms with Crippen LogP contribution in [-0.4, -0.2) is 32.1 Å². The number of aryl methyl sites for hydroxylation is 2. The summed E-state index contributed by atoms with van der Waals surface area (Å²) in [6.45, 7) is 9.83. The lowest BCUT2D eigenvalue weighted by Crippen LogP contribution is -2.48. The minimum Gasteiger partial charge on any atom is -0.493 e. The van der Waals surface area contributed by atoms with Gasteiger partial charge in [0.05, 0.1) is 20.3 Å². The lowest BCUT2D eigenvalue weighted by atomic mass is 9.99. The number of ether oxygens (including phenoxy) is 2. The predicted molar refractivity (Wildman–Crippen MR) is 123 cm³/mol. The summed E-state index contributed by atoms with van der Waals surface area (Å²) < 4.78 is 10.8. The van der Waals surface area contributed by atoms with Crippen LogP contribution in [0.3, 0.4) is 0 Å². The van der Waals surface area contributed by atoms with E-state index in [1.165, 1.54) is 0 Å². The van der Waals surface area contributed by atoms with E-state index in [0.29, 0.717) is 23.5 Å². The number of nitrogens with one attached hydrogen (secondary N) is 2. The van der Waals surface area contributed by atoms with Gasteiger partial charge in [0, 0.05) is 5.56 Å². The lowest BCUT2D eigenvalue weighted by Gasteiger charge is -2.24. The van der Waals surface area contributed by atoms with Crippen LogP contribution in [0.25, 0.3) is 0 Å². The SMILES string of the molecule is COc1cc(C)c(C(C)NC(=O)C(CC(C)C)NC(=O)c2ccccc2C)cc1OC. The number of hydrogen-bond acceptors (Lipinski definition) is 4. The van der Waals surface area contributed by atoms with E-state index in [1.807, 2.05) is 65.0 Å². The topological polar surface area (TPSA) is 76.7 Å². The highest BCUT2D eigenvalue weighted by atomic mass is 16.5. The predicted octanol–water partition coefficient (Wildman–Crippen LogP) is 4.34. The smallest absolute Gasteiger partial charge is 0.252 e. The van der Waals surface area contributed by atoms with Gasteiger partial charge in [-0.25, -0.2) is 0 Å². The zero-order valence-corrected chi connectivity index (χ0v) is 19.5. The van der Waals surface area contributed by atoms with Crippen molar-refractivity contribution in [1.82, 2.24) is 10.6 Å². The van der Waals surface area contributed by atoms with E-state index in [4.69, 9.17) is 9.47 Å². The molecule has 2 amide bonds. The molecule has 0 bridgehead atoms. The Morgan fingerprint density at radius 3 is 2.10 bits per heavy atom. The fourth-order valence-electron chi connectivity index (χ4n) is 3.62. The summed E-state index contributed by atoms with van der Waals surface area (Å²) in [6.07, 6.45) is 0.543. The monoisotopic (exact) mass is 426 g/mol. The Labute approximate surface area is 185 Å². The van der Waals surface area contributed by atoms with Gasteiger partial charge in [-0.05, 0) is 68.0 Å². The molecule has 2 N–H and O–H groups in total. The molecule has 0 saturated carbocycles. The van der Waals surface area contributed by atoms with Crippen molar-refractivity contribution in [3.63, 3.8) is 0 Å². The van der Waals surface area contributed by atoms with Gasteiger partial charge in [0.25, 0.3) is 5.91 Å². The Hall–Kier alpha value is -3.02. The minimum absolute atomic E-state index is 0.211. The number of hydrogen-bond donors (Lipinski definition) is 2. The Kier molecular flexibility index (Phi) is 8.48.